The lowest BCUT2D eigenvalue weighted by Crippen LogP contribution is -2.45. The highest BCUT2D eigenvalue weighted by molar-refractivity contribution is 6.14. The molecule has 0 atom stereocenters. The molecule has 1 aromatic heterocycles. The predicted molar refractivity (Wildman–Crippen MR) is 144 cm³/mol. The Hall–Kier alpha value is -3.70. The summed E-state index contributed by atoms with van der Waals surface area (Å²) in [5.74, 6) is 0.563. The molecule has 0 radical (unpaired) electrons. The van der Waals surface area contributed by atoms with Gasteiger partial charge in [0.15, 0.2) is 5.82 Å². The summed E-state index contributed by atoms with van der Waals surface area (Å²) in [5, 5.41) is 2.97. The third kappa shape index (κ3) is 4.70. The van der Waals surface area contributed by atoms with Crippen molar-refractivity contribution in [2.75, 3.05) is 61.4 Å². The Labute approximate surface area is 225 Å². The minimum atomic E-state index is -4.49. The van der Waals surface area contributed by atoms with Gasteiger partial charge in [-0.05, 0) is 42.3 Å². The molecular weight excluding hydrogens is 507 g/mol. The van der Waals surface area contributed by atoms with Crippen molar-refractivity contribution in [2.24, 2.45) is 0 Å². The second-order valence-electron chi connectivity index (χ2n) is 10.2. The Kier molecular flexibility index (Phi) is 6.43. The molecule has 3 aromatic rings. The molecule has 2 aromatic carbocycles. The number of para-hydroxylation sites is 1. The van der Waals surface area contributed by atoms with E-state index in [0.717, 1.165) is 56.5 Å². The maximum Gasteiger partial charge on any atom is 0.416 e. The van der Waals surface area contributed by atoms with E-state index in [1.807, 2.05) is 17.0 Å². The van der Waals surface area contributed by atoms with Gasteiger partial charge in [0.25, 0.3) is 5.91 Å². The number of halogens is 3. The molecule has 0 saturated carbocycles. The lowest BCUT2D eigenvalue weighted by atomic mass is 10.0. The van der Waals surface area contributed by atoms with E-state index in [0.29, 0.717) is 23.6 Å². The van der Waals surface area contributed by atoms with Crippen LogP contribution >= 0.6 is 0 Å². The minimum Gasteiger partial charge on any atom is -0.324 e. The normalized spacial score (nSPS) is 17.7. The summed E-state index contributed by atoms with van der Waals surface area (Å²) in [6, 6.07) is 9.99. The van der Waals surface area contributed by atoms with Crippen molar-refractivity contribution < 1.29 is 18.0 Å². The molecule has 204 valence electrons. The van der Waals surface area contributed by atoms with Crippen molar-refractivity contribution >= 4 is 34.7 Å². The summed E-state index contributed by atoms with van der Waals surface area (Å²) in [7, 11) is 1.68. The lowest BCUT2D eigenvalue weighted by Gasteiger charge is -2.34. The molecule has 8 nitrogen and oxygen atoms in total. The number of aromatic nitrogens is 2. The number of anilines is 5. The number of hydrogen-bond donors (Lipinski definition) is 1. The highest BCUT2D eigenvalue weighted by Gasteiger charge is 2.36. The molecule has 0 aliphatic carbocycles. The van der Waals surface area contributed by atoms with E-state index in [1.54, 1.807) is 25.4 Å². The molecule has 3 aliphatic heterocycles. The van der Waals surface area contributed by atoms with Crippen molar-refractivity contribution in [2.45, 2.75) is 26.1 Å². The highest BCUT2D eigenvalue weighted by atomic mass is 19.4. The summed E-state index contributed by atoms with van der Waals surface area (Å²) in [6.07, 6.45) is -2.18. The van der Waals surface area contributed by atoms with Crippen LogP contribution in [0, 0.1) is 0 Å². The number of likely N-dealkylation sites (N-methyl/N-ethyl adjacent to an activating group) is 1. The van der Waals surface area contributed by atoms with Gasteiger partial charge >= 0.3 is 6.18 Å². The summed E-state index contributed by atoms with van der Waals surface area (Å²) in [5.41, 5.74) is 2.89. The molecule has 6 rings (SSSR count). The second-order valence-corrected chi connectivity index (χ2v) is 10.2. The van der Waals surface area contributed by atoms with Crippen LogP contribution in [0.1, 0.15) is 34.0 Å². The first-order valence-corrected chi connectivity index (χ1v) is 13.2. The zero-order chi connectivity index (χ0) is 27.3. The average molecular weight is 538 g/mol. The molecule has 0 unspecified atom stereocenters. The second kappa shape index (κ2) is 9.80. The number of carbonyl (C=O) groups is 1. The van der Waals surface area contributed by atoms with E-state index >= 15 is 0 Å². The maximum atomic E-state index is 14.1. The van der Waals surface area contributed by atoms with Crippen LogP contribution in [0.15, 0.2) is 42.6 Å². The molecule has 11 heteroatoms. The minimum absolute atomic E-state index is 0.150. The van der Waals surface area contributed by atoms with Crippen LogP contribution in [0.3, 0.4) is 0 Å². The Morgan fingerprint density at radius 1 is 1.03 bits per heavy atom. The Bertz CT molecular complexity index is 1420. The van der Waals surface area contributed by atoms with Crippen LogP contribution in [0.2, 0.25) is 0 Å². The smallest absolute Gasteiger partial charge is 0.324 e. The van der Waals surface area contributed by atoms with Gasteiger partial charge in [0.1, 0.15) is 5.69 Å². The number of alkyl halides is 3. The molecular formula is C28H30F3N7O. The van der Waals surface area contributed by atoms with Crippen molar-refractivity contribution in [1.82, 2.24) is 19.8 Å². The monoisotopic (exact) mass is 537 g/mol. The fourth-order valence-corrected chi connectivity index (χ4v) is 5.68. The van der Waals surface area contributed by atoms with Crippen molar-refractivity contribution in [3.63, 3.8) is 0 Å². The van der Waals surface area contributed by atoms with Gasteiger partial charge in [0.05, 0.1) is 23.0 Å². The van der Waals surface area contributed by atoms with Gasteiger partial charge in [-0.1, -0.05) is 25.1 Å². The highest BCUT2D eigenvalue weighted by Crippen LogP contribution is 2.44. The van der Waals surface area contributed by atoms with Crippen LogP contribution in [0.25, 0.3) is 0 Å². The van der Waals surface area contributed by atoms with Gasteiger partial charge in [-0.2, -0.15) is 18.2 Å². The molecule has 1 N–H and O–H groups in total. The number of nitrogens with zero attached hydrogens (tertiary/aromatic N) is 6. The van der Waals surface area contributed by atoms with Gasteiger partial charge in [0, 0.05) is 52.0 Å². The molecule has 4 heterocycles. The number of benzene rings is 2. The predicted octanol–water partition coefficient (Wildman–Crippen LogP) is 4.66. The fraction of sp³-hybridized carbons (Fsp3) is 0.393. The number of piperazine rings is 1. The zero-order valence-electron chi connectivity index (χ0n) is 21.9. The van der Waals surface area contributed by atoms with E-state index in [-0.39, 0.29) is 29.7 Å². The van der Waals surface area contributed by atoms with Gasteiger partial charge in [-0.15, -0.1) is 0 Å². The summed E-state index contributed by atoms with van der Waals surface area (Å²) < 4.78 is 42.3. The van der Waals surface area contributed by atoms with Crippen molar-refractivity contribution in [1.29, 1.82) is 0 Å². The van der Waals surface area contributed by atoms with Crippen LogP contribution in [-0.4, -0.2) is 72.0 Å². The van der Waals surface area contributed by atoms with Gasteiger partial charge in [-0.3, -0.25) is 9.69 Å². The topological polar surface area (TPSA) is 67.8 Å². The van der Waals surface area contributed by atoms with E-state index in [1.165, 1.54) is 11.0 Å². The van der Waals surface area contributed by atoms with E-state index in [9.17, 15) is 18.0 Å². The number of carbonyl (C=O) groups excluding carboxylic acids is 1. The standard InChI is InChI=1S/C28H30F3N7O/c1-3-36-11-13-37(14-12-36)17-19-7-8-20(15-22(19)28(29,30)31)33-27-32-16-23-25(34-27)38-10-9-18-5-4-6-21(24(18)38)26(39)35(23)2/h4-8,15-16H,3,9-14,17H2,1-2H3,(H,32,33,34). The number of fused-ring (bicyclic) bond motifs is 2. The Balaban J connectivity index is 1.29. The van der Waals surface area contributed by atoms with Crippen LogP contribution in [0.5, 0.6) is 0 Å². The Morgan fingerprint density at radius 2 is 1.79 bits per heavy atom. The molecule has 1 amide bonds. The van der Waals surface area contributed by atoms with Crippen molar-refractivity contribution in [3.8, 4) is 0 Å². The molecule has 1 fully saturated rings. The third-order valence-corrected chi connectivity index (χ3v) is 7.87. The fourth-order valence-electron chi connectivity index (χ4n) is 5.68. The molecule has 0 bridgehead atoms. The first kappa shape index (κ1) is 25.6. The van der Waals surface area contributed by atoms with Crippen LogP contribution in [-0.2, 0) is 19.1 Å². The summed E-state index contributed by atoms with van der Waals surface area (Å²) in [4.78, 5) is 30.1. The van der Waals surface area contributed by atoms with Gasteiger partial charge < -0.3 is 20.0 Å². The number of amides is 1. The third-order valence-electron chi connectivity index (χ3n) is 7.87. The quantitative estimate of drug-likeness (QED) is 0.508. The number of hydrogen-bond acceptors (Lipinski definition) is 7. The summed E-state index contributed by atoms with van der Waals surface area (Å²) in [6.45, 7) is 7.14. The van der Waals surface area contributed by atoms with Crippen LogP contribution in [0.4, 0.5) is 42.0 Å². The first-order valence-electron chi connectivity index (χ1n) is 13.2. The van der Waals surface area contributed by atoms with E-state index in [4.69, 9.17) is 0 Å². The summed E-state index contributed by atoms with van der Waals surface area (Å²) >= 11 is 0. The molecule has 1 saturated heterocycles. The maximum absolute atomic E-state index is 14.1. The van der Waals surface area contributed by atoms with E-state index in [2.05, 4.69) is 32.0 Å². The lowest BCUT2D eigenvalue weighted by molar-refractivity contribution is -0.138. The van der Waals surface area contributed by atoms with Gasteiger partial charge in [-0.25, -0.2) is 4.98 Å². The largest absolute Gasteiger partial charge is 0.416 e. The first-order chi connectivity index (χ1) is 18.7. The zero-order valence-corrected chi connectivity index (χ0v) is 21.9. The Morgan fingerprint density at radius 3 is 2.54 bits per heavy atom. The van der Waals surface area contributed by atoms with Gasteiger partial charge in [0.2, 0.25) is 5.95 Å². The molecule has 3 aliphatic rings. The molecule has 0 spiro atoms. The number of rotatable bonds is 5. The average Bonchev–Trinajstić information content (AvgIpc) is 3.34. The SMILES string of the molecule is CCN1CCN(Cc2ccc(Nc3ncc4c(n3)N3CCc5cccc(c53)C(=O)N4C)cc2C(F)(F)F)CC1. The number of nitrogens with one attached hydrogen (secondary N) is 1. The van der Waals surface area contributed by atoms with E-state index < -0.39 is 11.7 Å². The molecule has 39 heavy (non-hydrogen) atoms. The van der Waals surface area contributed by atoms with Crippen molar-refractivity contribution in [3.05, 3.63) is 64.8 Å². The van der Waals surface area contributed by atoms with Crippen LogP contribution < -0.4 is 15.1 Å².